The SMILES string of the molecule is Cn1c(Cl)cnc1CNCCc1cccc(F)c1. The molecular formula is C13H15ClFN3. The number of hydrogen-bond acceptors (Lipinski definition) is 2. The van der Waals surface area contributed by atoms with E-state index >= 15 is 0 Å². The molecule has 0 spiro atoms. The second-order valence-corrected chi connectivity index (χ2v) is 4.50. The van der Waals surface area contributed by atoms with Crippen LogP contribution in [0.15, 0.2) is 30.5 Å². The number of benzene rings is 1. The average molecular weight is 268 g/mol. The van der Waals surface area contributed by atoms with Gasteiger partial charge >= 0.3 is 0 Å². The molecule has 0 aliphatic carbocycles. The Morgan fingerprint density at radius 2 is 2.28 bits per heavy atom. The van der Waals surface area contributed by atoms with Gasteiger partial charge in [0.1, 0.15) is 16.8 Å². The van der Waals surface area contributed by atoms with E-state index in [0.29, 0.717) is 11.7 Å². The molecule has 0 atom stereocenters. The van der Waals surface area contributed by atoms with Crippen LogP contribution in [0.4, 0.5) is 4.39 Å². The first-order chi connectivity index (χ1) is 8.66. The summed E-state index contributed by atoms with van der Waals surface area (Å²) in [5.74, 6) is 0.697. The van der Waals surface area contributed by atoms with Crippen molar-refractivity contribution in [1.29, 1.82) is 0 Å². The summed E-state index contributed by atoms with van der Waals surface area (Å²) in [6, 6.07) is 6.65. The van der Waals surface area contributed by atoms with Crippen LogP contribution in [0, 0.1) is 5.82 Å². The van der Waals surface area contributed by atoms with E-state index in [-0.39, 0.29) is 5.82 Å². The molecule has 0 fully saturated rings. The Balaban J connectivity index is 1.78. The second kappa shape index (κ2) is 5.98. The van der Waals surface area contributed by atoms with Gasteiger partial charge in [-0.05, 0) is 30.7 Å². The van der Waals surface area contributed by atoms with E-state index in [9.17, 15) is 4.39 Å². The van der Waals surface area contributed by atoms with Crippen LogP contribution in [0.3, 0.4) is 0 Å². The number of rotatable bonds is 5. The van der Waals surface area contributed by atoms with Crippen molar-refractivity contribution in [3.8, 4) is 0 Å². The van der Waals surface area contributed by atoms with Gasteiger partial charge in [-0.15, -0.1) is 0 Å². The quantitative estimate of drug-likeness (QED) is 0.844. The van der Waals surface area contributed by atoms with Crippen molar-refractivity contribution >= 4 is 11.6 Å². The lowest BCUT2D eigenvalue weighted by atomic mass is 10.1. The van der Waals surface area contributed by atoms with Crippen molar-refractivity contribution in [3.63, 3.8) is 0 Å². The normalized spacial score (nSPS) is 10.8. The molecule has 0 saturated carbocycles. The highest BCUT2D eigenvalue weighted by molar-refractivity contribution is 6.29. The highest BCUT2D eigenvalue weighted by Gasteiger charge is 2.03. The summed E-state index contributed by atoms with van der Waals surface area (Å²) in [6.45, 7) is 1.42. The van der Waals surface area contributed by atoms with Crippen molar-refractivity contribution in [2.24, 2.45) is 7.05 Å². The summed E-state index contributed by atoms with van der Waals surface area (Å²) in [5, 5.41) is 3.88. The molecule has 1 N–H and O–H groups in total. The number of halogens is 2. The molecule has 96 valence electrons. The molecule has 18 heavy (non-hydrogen) atoms. The van der Waals surface area contributed by atoms with Gasteiger partial charge in [-0.1, -0.05) is 23.7 Å². The van der Waals surface area contributed by atoms with Gasteiger partial charge in [-0.2, -0.15) is 0 Å². The lowest BCUT2D eigenvalue weighted by Crippen LogP contribution is -2.19. The molecule has 0 aliphatic rings. The smallest absolute Gasteiger partial charge is 0.128 e. The van der Waals surface area contributed by atoms with Gasteiger partial charge in [-0.3, -0.25) is 0 Å². The third-order valence-corrected chi connectivity index (χ3v) is 3.14. The standard InChI is InChI=1S/C13H15ClFN3/c1-18-12(14)8-17-13(18)9-16-6-5-10-3-2-4-11(15)7-10/h2-4,7-8,16H,5-6,9H2,1H3. The summed E-state index contributed by atoms with van der Waals surface area (Å²) < 4.78 is 14.8. The van der Waals surface area contributed by atoms with E-state index < -0.39 is 0 Å². The minimum atomic E-state index is -0.191. The predicted octanol–water partition coefficient (Wildman–Crippen LogP) is 2.54. The highest BCUT2D eigenvalue weighted by atomic mass is 35.5. The molecule has 0 bridgehead atoms. The number of imidazole rings is 1. The Morgan fingerprint density at radius 1 is 1.44 bits per heavy atom. The largest absolute Gasteiger partial charge is 0.321 e. The molecule has 5 heteroatoms. The van der Waals surface area contributed by atoms with E-state index in [0.717, 1.165) is 24.4 Å². The van der Waals surface area contributed by atoms with Gasteiger partial charge in [0.2, 0.25) is 0 Å². The Kier molecular flexibility index (Phi) is 4.33. The monoisotopic (exact) mass is 267 g/mol. The summed E-state index contributed by atoms with van der Waals surface area (Å²) in [5.41, 5.74) is 0.986. The molecule has 0 radical (unpaired) electrons. The number of aromatic nitrogens is 2. The Labute approximate surface area is 111 Å². The van der Waals surface area contributed by atoms with Crippen LogP contribution in [-0.4, -0.2) is 16.1 Å². The van der Waals surface area contributed by atoms with Crippen molar-refractivity contribution in [2.75, 3.05) is 6.54 Å². The molecule has 0 amide bonds. The molecule has 0 unspecified atom stereocenters. The van der Waals surface area contributed by atoms with Gasteiger partial charge in [0.05, 0.1) is 12.7 Å². The van der Waals surface area contributed by atoms with Gasteiger partial charge in [0.25, 0.3) is 0 Å². The highest BCUT2D eigenvalue weighted by Crippen LogP contribution is 2.08. The van der Waals surface area contributed by atoms with Gasteiger partial charge in [0.15, 0.2) is 0 Å². The van der Waals surface area contributed by atoms with E-state index in [1.54, 1.807) is 18.3 Å². The third-order valence-electron chi connectivity index (χ3n) is 2.79. The van der Waals surface area contributed by atoms with Crippen LogP contribution in [0.2, 0.25) is 5.15 Å². The first-order valence-corrected chi connectivity index (χ1v) is 6.16. The zero-order valence-electron chi connectivity index (χ0n) is 10.2. The Hall–Kier alpha value is -1.39. The van der Waals surface area contributed by atoms with Gasteiger partial charge < -0.3 is 9.88 Å². The van der Waals surface area contributed by atoms with Crippen molar-refractivity contribution in [1.82, 2.24) is 14.9 Å². The zero-order valence-corrected chi connectivity index (χ0v) is 10.9. The lowest BCUT2D eigenvalue weighted by Gasteiger charge is -2.05. The molecule has 2 aromatic rings. The topological polar surface area (TPSA) is 29.9 Å². The van der Waals surface area contributed by atoms with E-state index in [1.165, 1.54) is 6.07 Å². The zero-order chi connectivity index (χ0) is 13.0. The Morgan fingerprint density at radius 3 is 2.94 bits per heavy atom. The lowest BCUT2D eigenvalue weighted by molar-refractivity contribution is 0.618. The minimum Gasteiger partial charge on any atom is -0.321 e. The van der Waals surface area contributed by atoms with E-state index in [2.05, 4.69) is 10.3 Å². The number of nitrogens with one attached hydrogen (secondary N) is 1. The third kappa shape index (κ3) is 3.31. The fraction of sp³-hybridized carbons (Fsp3) is 0.308. The second-order valence-electron chi connectivity index (χ2n) is 4.11. The number of nitrogens with zero attached hydrogens (tertiary/aromatic N) is 2. The molecule has 0 aliphatic heterocycles. The van der Waals surface area contributed by atoms with E-state index in [1.807, 2.05) is 17.7 Å². The summed E-state index contributed by atoms with van der Waals surface area (Å²) in [4.78, 5) is 4.18. The summed E-state index contributed by atoms with van der Waals surface area (Å²) in [6.07, 6.45) is 2.42. The molecule has 3 nitrogen and oxygen atoms in total. The molecule has 2 rings (SSSR count). The predicted molar refractivity (Wildman–Crippen MR) is 70.0 cm³/mol. The first-order valence-electron chi connectivity index (χ1n) is 5.78. The fourth-order valence-corrected chi connectivity index (χ4v) is 1.86. The number of hydrogen-bond donors (Lipinski definition) is 1. The van der Waals surface area contributed by atoms with Crippen LogP contribution < -0.4 is 5.32 Å². The van der Waals surface area contributed by atoms with Crippen LogP contribution in [0.5, 0.6) is 0 Å². The molecule has 0 saturated heterocycles. The summed E-state index contributed by atoms with van der Waals surface area (Å²) >= 11 is 5.89. The van der Waals surface area contributed by atoms with Crippen LogP contribution in [-0.2, 0) is 20.0 Å². The van der Waals surface area contributed by atoms with Crippen molar-refractivity contribution < 1.29 is 4.39 Å². The Bertz CT molecular complexity index is 525. The maximum Gasteiger partial charge on any atom is 0.128 e. The van der Waals surface area contributed by atoms with Gasteiger partial charge in [0, 0.05) is 7.05 Å². The minimum absolute atomic E-state index is 0.191. The average Bonchev–Trinajstić information content (AvgIpc) is 2.66. The van der Waals surface area contributed by atoms with Crippen LogP contribution in [0.1, 0.15) is 11.4 Å². The first kappa shape index (κ1) is 13.1. The molecular weight excluding hydrogens is 253 g/mol. The fourth-order valence-electron chi connectivity index (χ4n) is 1.71. The van der Waals surface area contributed by atoms with Crippen molar-refractivity contribution in [3.05, 3.63) is 52.8 Å². The summed E-state index contributed by atoms with van der Waals surface area (Å²) in [7, 11) is 1.87. The van der Waals surface area contributed by atoms with Crippen molar-refractivity contribution in [2.45, 2.75) is 13.0 Å². The van der Waals surface area contributed by atoms with Crippen LogP contribution >= 0.6 is 11.6 Å². The molecule has 1 aromatic heterocycles. The van der Waals surface area contributed by atoms with Gasteiger partial charge in [-0.25, -0.2) is 9.37 Å². The maximum atomic E-state index is 12.9. The maximum absolute atomic E-state index is 12.9. The molecule has 1 aromatic carbocycles. The molecule has 1 heterocycles. The van der Waals surface area contributed by atoms with Crippen LogP contribution in [0.25, 0.3) is 0 Å². The van der Waals surface area contributed by atoms with E-state index in [4.69, 9.17) is 11.6 Å².